The molecule has 0 radical (unpaired) electrons. The Kier molecular flexibility index (Phi) is 6.64. The Morgan fingerprint density at radius 1 is 1.14 bits per heavy atom. The third-order valence-electron chi connectivity index (χ3n) is 4.33. The zero-order valence-corrected chi connectivity index (χ0v) is 17.9. The number of benzene rings is 1. The largest absolute Gasteiger partial charge is 0.325 e. The fraction of sp³-hybridized carbons (Fsp3) is 0.381. The van der Waals surface area contributed by atoms with Crippen LogP contribution in [0.25, 0.3) is 11.2 Å². The molecule has 0 saturated heterocycles. The van der Waals surface area contributed by atoms with Gasteiger partial charge in [0.05, 0.1) is 5.75 Å². The molecule has 0 aliphatic rings. The second-order valence-corrected chi connectivity index (χ2v) is 8.42. The Labute approximate surface area is 174 Å². The van der Waals surface area contributed by atoms with Crippen LogP contribution in [0.1, 0.15) is 31.4 Å². The predicted molar refractivity (Wildman–Crippen MR) is 116 cm³/mol. The second kappa shape index (κ2) is 9.17. The van der Waals surface area contributed by atoms with Gasteiger partial charge in [-0.2, -0.15) is 0 Å². The first-order valence-electron chi connectivity index (χ1n) is 9.56. The van der Waals surface area contributed by atoms with Crippen LogP contribution < -0.4 is 10.9 Å². The Balaban J connectivity index is 1.81. The summed E-state index contributed by atoms with van der Waals surface area (Å²) in [7, 11) is 0. The number of carbonyl (C=O) groups excluding carboxylic acids is 1. The van der Waals surface area contributed by atoms with E-state index in [4.69, 9.17) is 0 Å². The molecule has 29 heavy (non-hydrogen) atoms. The van der Waals surface area contributed by atoms with Gasteiger partial charge in [-0.25, -0.2) is 15.0 Å². The van der Waals surface area contributed by atoms with Crippen LogP contribution in [0.2, 0.25) is 0 Å². The lowest BCUT2D eigenvalue weighted by Crippen LogP contribution is -2.26. The van der Waals surface area contributed by atoms with E-state index in [-0.39, 0.29) is 22.7 Å². The van der Waals surface area contributed by atoms with Crippen molar-refractivity contribution in [3.05, 3.63) is 52.1 Å². The number of amides is 1. The molecule has 1 N–H and O–H groups in total. The molecule has 0 aliphatic heterocycles. The molecule has 7 nitrogen and oxygen atoms in total. The number of carbonyl (C=O) groups is 1. The minimum absolute atomic E-state index is 0.146. The van der Waals surface area contributed by atoms with Crippen molar-refractivity contribution >= 4 is 34.5 Å². The zero-order valence-electron chi connectivity index (χ0n) is 17.1. The number of anilines is 1. The van der Waals surface area contributed by atoms with Gasteiger partial charge in [0.1, 0.15) is 0 Å². The maximum absolute atomic E-state index is 12.9. The van der Waals surface area contributed by atoms with Gasteiger partial charge in [0, 0.05) is 24.6 Å². The fourth-order valence-corrected chi connectivity index (χ4v) is 3.81. The van der Waals surface area contributed by atoms with Gasteiger partial charge < -0.3 is 5.32 Å². The average Bonchev–Trinajstić information content (AvgIpc) is 2.65. The highest BCUT2D eigenvalue weighted by atomic mass is 32.2. The van der Waals surface area contributed by atoms with Crippen LogP contribution in [0.4, 0.5) is 5.69 Å². The monoisotopic (exact) mass is 411 g/mol. The van der Waals surface area contributed by atoms with Crippen LogP contribution in [0, 0.1) is 19.8 Å². The smallest absolute Gasteiger partial charge is 0.282 e. The highest BCUT2D eigenvalue weighted by Gasteiger charge is 2.15. The summed E-state index contributed by atoms with van der Waals surface area (Å²) in [6.07, 6.45) is 3.83. The molecule has 0 unspecified atom stereocenters. The van der Waals surface area contributed by atoms with Gasteiger partial charge in [-0.15, -0.1) is 0 Å². The molecule has 3 rings (SSSR count). The van der Waals surface area contributed by atoms with Crippen molar-refractivity contribution in [2.75, 3.05) is 11.1 Å². The molecular weight excluding hydrogens is 386 g/mol. The van der Waals surface area contributed by atoms with E-state index in [1.165, 1.54) is 24.2 Å². The van der Waals surface area contributed by atoms with Crippen molar-refractivity contribution in [1.82, 2.24) is 19.5 Å². The molecule has 8 heteroatoms. The number of hydrogen-bond donors (Lipinski definition) is 1. The molecular formula is C21H25N5O2S. The van der Waals surface area contributed by atoms with E-state index in [1.807, 2.05) is 26.0 Å². The summed E-state index contributed by atoms with van der Waals surface area (Å²) in [6.45, 7) is 8.71. The normalized spacial score (nSPS) is 11.2. The van der Waals surface area contributed by atoms with E-state index in [2.05, 4.69) is 40.2 Å². The third kappa shape index (κ3) is 5.41. The number of nitrogens with zero attached hydrogens (tertiary/aromatic N) is 4. The molecule has 0 atom stereocenters. The highest BCUT2D eigenvalue weighted by molar-refractivity contribution is 7.99. The van der Waals surface area contributed by atoms with Gasteiger partial charge in [-0.1, -0.05) is 31.7 Å². The topological polar surface area (TPSA) is 89.8 Å². The Morgan fingerprint density at radius 3 is 2.52 bits per heavy atom. The summed E-state index contributed by atoms with van der Waals surface area (Å²) in [5.74, 6) is 0.432. The highest BCUT2D eigenvalue weighted by Crippen LogP contribution is 2.19. The summed E-state index contributed by atoms with van der Waals surface area (Å²) < 4.78 is 1.60. The summed E-state index contributed by atoms with van der Waals surface area (Å²) in [6, 6.07) is 5.91. The molecule has 3 aromatic rings. The minimum atomic E-state index is -0.221. The summed E-state index contributed by atoms with van der Waals surface area (Å²) in [5.41, 5.74) is 3.27. The van der Waals surface area contributed by atoms with Crippen molar-refractivity contribution in [2.45, 2.75) is 45.8 Å². The van der Waals surface area contributed by atoms with E-state index in [0.29, 0.717) is 23.3 Å². The SMILES string of the molecule is Cc1cc(C)cc(NC(=O)CSc2nc3nccnc3c(=O)n2CCC(C)C)c1. The van der Waals surface area contributed by atoms with Crippen LogP contribution in [-0.2, 0) is 11.3 Å². The molecule has 0 fully saturated rings. The summed E-state index contributed by atoms with van der Waals surface area (Å²) >= 11 is 1.24. The molecule has 0 bridgehead atoms. The van der Waals surface area contributed by atoms with Crippen LogP contribution in [-0.4, -0.2) is 31.2 Å². The van der Waals surface area contributed by atoms with Gasteiger partial charge in [0.25, 0.3) is 5.56 Å². The number of nitrogens with one attached hydrogen (secondary N) is 1. The average molecular weight is 412 g/mol. The predicted octanol–water partition coefficient (Wildman–Crippen LogP) is 3.58. The van der Waals surface area contributed by atoms with Crippen LogP contribution >= 0.6 is 11.8 Å². The number of rotatable bonds is 7. The van der Waals surface area contributed by atoms with E-state index < -0.39 is 0 Å². The molecule has 2 aromatic heterocycles. The van der Waals surface area contributed by atoms with Gasteiger partial charge in [0.15, 0.2) is 16.3 Å². The lowest BCUT2D eigenvalue weighted by atomic mass is 10.1. The number of thioether (sulfide) groups is 1. The molecule has 0 saturated carbocycles. The van der Waals surface area contributed by atoms with E-state index in [0.717, 1.165) is 23.2 Å². The third-order valence-corrected chi connectivity index (χ3v) is 5.30. The second-order valence-electron chi connectivity index (χ2n) is 7.48. The van der Waals surface area contributed by atoms with Gasteiger partial charge in [-0.3, -0.25) is 14.2 Å². The molecule has 1 aromatic carbocycles. The standard InChI is InChI=1S/C21H25N5O2S/c1-13(2)5-8-26-20(28)18-19(23-7-6-22-18)25-21(26)29-12-17(27)24-16-10-14(3)9-15(4)11-16/h6-7,9-11,13H,5,8,12H2,1-4H3,(H,24,27). The van der Waals surface area contributed by atoms with E-state index >= 15 is 0 Å². The number of hydrogen-bond acceptors (Lipinski definition) is 6. The van der Waals surface area contributed by atoms with Crippen molar-refractivity contribution in [3.8, 4) is 0 Å². The van der Waals surface area contributed by atoms with E-state index in [9.17, 15) is 9.59 Å². The maximum atomic E-state index is 12.9. The molecule has 152 valence electrons. The van der Waals surface area contributed by atoms with Crippen LogP contribution in [0.3, 0.4) is 0 Å². The van der Waals surface area contributed by atoms with Crippen molar-refractivity contribution in [2.24, 2.45) is 5.92 Å². The zero-order chi connectivity index (χ0) is 21.0. The number of aromatic nitrogens is 4. The molecule has 0 aliphatic carbocycles. The van der Waals surface area contributed by atoms with E-state index in [1.54, 1.807) is 4.57 Å². The van der Waals surface area contributed by atoms with Crippen LogP contribution in [0.15, 0.2) is 40.5 Å². The number of aryl methyl sites for hydroxylation is 2. The van der Waals surface area contributed by atoms with Gasteiger partial charge in [-0.05, 0) is 49.4 Å². The first-order valence-corrected chi connectivity index (χ1v) is 10.5. The maximum Gasteiger partial charge on any atom is 0.282 e. The van der Waals surface area contributed by atoms with Crippen molar-refractivity contribution in [1.29, 1.82) is 0 Å². The Morgan fingerprint density at radius 2 is 1.83 bits per heavy atom. The Hall–Kier alpha value is -2.74. The first-order chi connectivity index (χ1) is 13.8. The quantitative estimate of drug-likeness (QED) is 0.472. The fourth-order valence-electron chi connectivity index (χ4n) is 3.00. The minimum Gasteiger partial charge on any atom is -0.325 e. The molecule has 2 heterocycles. The van der Waals surface area contributed by atoms with Crippen molar-refractivity contribution < 1.29 is 4.79 Å². The van der Waals surface area contributed by atoms with Gasteiger partial charge in [0.2, 0.25) is 5.91 Å². The Bertz CT molecular complexity index is 1070. The summed E-state index contributed by atoms with van der Waals surface area (Å²) in [4.78, 5) is 38.1. The summed E-state index contributed by atoms with van der Waals surface area (Å²) in [5, 5.41) is 3.40. The number of fused-ring (bicyclic) bond motifs is 1. The first kappa shape index (κ1) is 21.0. The van der Waals surface area contributed by atoms with Crippen molar-refractivity contribution in [3.63, 3.8) is 0 Å². The van der Waals surface area contributed by atoms with Gasteiger partial charge >= 0.3 is 0 Å². The lowest BCUT2D eigenvalue weighted by Gasteiger charge is -2.13. The van der Waals surface area contributed by atoms with Crippen LogP contribution in [0.5, 0.6) is 0 Å². The lowest BCUT2D eigenvalue weighted by molar-refractivity contribution is -0.113. The molecule has 1 amide bonds. The molecule has 0 spiro atoms.